The van der Waals surface area contributed by atoms with Gasteiger partial charge in [0.25, 0.3) is 0 Å². The number of Topliss-reactive ketones (excluding diaryl/α,β-unsaturated/α-hetero) is 1. The molecule has 26 atom stereocenters. The molecule has 11 heteroatoms. The fraction of sp³-hybridized carbons (Fsp3) is 0.911. The number of fused-ring (bicyclic) bond motifs is 21. The van der Waals surface area contributed by atoms with Crippen molar-refractivity contribution in [3.8, 4) is 0 Å². The van der Waals surface area contributed by atoms with E-state index in [9.17, 15) is 15.0 Å². The third-order valence-electron chi connectivity index (χ3n) is 32.0. The van der Waals surface area contributed by atoms with Crippen LogP contribution in [0, 0.1) is 148 Å². The van der Waals surface area contributed by atoms with Gasteiger partial charge in [-0.1, -0.05) is 89.3 Å². The van der Waals surface area contributed by atoms with E-state index in [1.165, 1.54) is 174 Å². The van der Waals surface area contributed by atoms with Crippen molar-refractivity contribution < 1.29 is 83.5 Å². The first-order valence-electron chi connectivity index (χ1n) is 37.9. The molecule has 16 rings (SSSR count). The van der Waals surface area contributed by atoms with Gasteiger partial charge in [-0.05, 0) is 320 Å². The van der Waals surface area contributed by atoms with Crippen LogP contribution in [0.5, 0.6) is 0 Å². The van der Waals surface area contributed by atoms with E-state index in [1.807, 2.05) is 0 Å². The Bertz CT molecular complexity index is 2700. The van der Waals surface area contributed by atoms with Crippen molar-refractivity contribution >= 4 is 5.78 Å². The number of aliphatic hydroxyl groups is 2. The zero-order chi connectivity index (χ0) is 61.9. The van der Waals surface area contributed by atoms with Crippen LogP contribution in [0.2, 0.25) is 0 Å². The molecule has 14 unspecified atom stereocenters. The Morgan fingerprint density at radius 2 is 0.767 bits per heavy atom. The van der Waals surface area contributed by atoms with Crippen LogP contribution in [-0.4, -0.2) is 118 Å². The van der Waals surface area contributed by atoms with Gasteiger partial charge < -0.3 is 44.4 Å². The van der Waals surface area contributed by atoms with Crippen LogP contribution in [0.3, 0.4) is 0 Å². The molecule has 90 heavy (non-hydrogen) atoms. The first kappa shape index (κ1) is 69.9. The zero-order valence-electron chi connectivity index (χ0n) is 59.1. The summed E-state index contributed by atoms with van der Waals surface area (Å²) in [4.78, 5) is 17.9. The molecule has 0 aromatic rings. The predicted molar refractivity (Wildman–Crippen MR) is 355 cm³/mol. The van der Waals surface area contributed by atoms with Crippen LogP contribution in [0.25, 0.3) is 0 Å². The molecule has 0 bridgehead atoms. The van der Waals surface area contributed by atoms with Crippen molar-refractivity contribution in [3.63, 3.8) is 0 Å². The number of aliphatic hydroxyl groups excluding tert-OH is 2. The van der Waals surface area contributed by atoms with E-state index in [-0.39, 0.29) is 89.8 Å². The van der Waals surface area contributed by atoms with E-state index in [1.54, 1.807) is 16.7 Å². The summed E-state index contributed by atoms with van der Waals surface area (Å²) in [5, 5.41) is 22.9. The van der Waals surface area contributed by atoms with Gasteiger partial charge in [0, 0.05) is 74.9 Å². The van der Waals surface area contributed by atoms with E-state index in [0.29, 0.717) is 94.0 Å². The molecule has 0 spiro atoms. The maximum atomic E-state index is 12.4. The van der Waals surface area contributed by atoms with Gasteiger partial charge in [0.05, 0.1) is 36.6 Å². The monoisotopic (exact) mass is 1460 g/mol. The molecule has 12 aliphatic carbocycles. The number of piperidine rings is 2. The molecule has 505 valence electrons. The first-order valence-corrected chi connectivity index (χ1v) is 37.9. The molecule has 4 saturated heterocycles. The molecule has 0 aromatic heterocycles. The molecule has 16 fully saturated rings. The standard InChI is InChI=1S/C29H47NO2.C26H43NO2.C24H36O3.Ac.H2O/c1-6-19-10-11-21-24-22(13-15-28(19,21)4)29(5)14-12-20(30-16-8-7-9-17-30)18-23(29)25-26(24)32-27(2,3)31-25;1-4-17-8-9-19-22-20(11-13-25(17,19)2)26(3)12-10-18(27-14-6-5-7-15-27)16-21(26)23(28)24(22)29;1-6-14-7-8-16-19-17(10-12-23(14,16)4)24(5)11-9-15(25)13-18(24)20-21(19)27-22(2,3)26-20;;/h6,20-26H,7-18H2,1-5H3;4,18-24,28-29H,5-16H2,1-3H3;6,16-21H,7-13H2,1-5H3;;1H2/b19-6-;17-4-;14-6-;;/t20?,21?,22?,23?,24?,25-,26-,28-,29-;18?,19?,20?,21?,22?,23-,24-,25-,26-;16?,17?,18?,19?,20-,21-,23-,24-;;/m111../s1. The average Bonchev–Trinajstić information content (AvgIpc) is 1.38. The number of nitrogens with zero attached hydrogens (tertiary/aromatic N) is 2. The molecule has 16 aliphatic rings. The third kappa shape index (κ3) is 11.1. The SMILES string of the molecule is C/C=C1/CCC2C3C(CC[C@]12C)[C@@]1(C)CCC(=O)CC1[C@H]1OC(C)(C)O[C@H]31.C/C=C1/CCC2C3C(CC[C@]12C)[C@@]1(C)CCC(N2CCCCC2)CC1[C@@H](O)[C@@H]3O.C/C=C1/CCC2C3C(CC[C@]12C)[C@@]1(C)CCC(N2CCCCC2)CC1[C@H]1OC(C)(C)O[C@H]31.O.[Ac]. The van der Waals surface area contributed by atoms with Gasteiger partial charge in [-0.2, -0.15) is 0 Å². The minimum absolute atomic E-state index is 0. The number of rotatable bonds is 2. The Morgan fingerprint density at radius 1 is 0.400 bits per heavy atom. The topological polar surface area (TPSA) is 132 Å². The largest absolute Gasteiger partial charge is 0.412 e. The number of carbonyl (C=O) groups excluding carboxylic acids is 1. The summed E-state index contributed by atoms with van der Waals surface area (Å²) in [5.41, 5.74) is 6.85. The molecule has 0 aromatic carbocycles. The number of hydrogen-bond acceptors (Lipinski definition) is 9. The Hall–Kier alpha value is -0.0284. The van der Waals surface area contributed by atoms with Crippen molar-refractivity contribution in [2.24, 2.45) is 104 Å². The minimum Gasteiger partial charge on any atom is -0.412 e. The fourth-order valence-corrected chi connectivity index (χ4v) is 27.6. The molecule has 1 radical (unpaired) electrons. The molecular formula is C79H128AcN2O8. The summed E-state index contributed by atoms with van der Waals surface area (Å²) in [6, 6.07) is 1.40. The maximum absolute atomic E-state index is 12.4. The van der Waals surface area contributed by atoms with Crippen LogP contribution in [0.1, 0.15) is 263 Å². The summed E-state index contributed by atoms with van der Waals surface area (Å²) >= 11 is 0. The summed E-state index contributed by atoms with van der Waals surface area (Å²) in [5.74, 6) is 6.35. The summed E-state index contributed by atoms with van der Waals surface area (Å²) < 4.78 is 26.9. The quantitative estimate of drug-likeness (QED) is 0.259. The molecule has 0 amide bonds. The Balaban J connectivity index is 0.000000130. The van der Waals surface area contributed by atoms with Crippen LogP contribution in [0.15, 0.2) is 34.9 Å². The van der Waals surface area contributed by atoms with E-state index in [4.69, 9.17) is 18.9 Å². The average molecular weight is 1460 g/mol. The molecule has 12 saturated carbocycles. The number of allylic oxidation sites excluding steroid dienone is 6. The second kappa shape index (κ2) is 25.6. The van der Waals surface area contributed by atoms with E-state index in [0.717, 1.165) is 37.1 Å². The van der Waals surface area contributed by atoms with Crippen molar-refractivity contribution in [3.05, 3.63) is 34.9 Å². The van der Waals surface area contributed by atoms with Crippen molar-refractivity contribution in [2.75, 3.05) is 26.2 Å². The Labute approximate surface area is 582 Å². The van der Waals surface area contributed by atoms with Gasteiger partial charge in [0.15, 0.2) is 11.6 Å². The van der Waals surface area contributed by atoms with Crippen LogP contribution in [-0.2, 0) is 23.7 Å². The molecule has 4 heterocycles. The fourth-order valence-electron chi connectivity index (χ4n) is 27.6. The van der Waals surface area contributed by atoms with Crippen molar-refractivity contribution in [2.45, 2.75) is 324 Å². The van der Waals surface area contributed by atoms with Crippen LogP contribution in [0.4, 0.5) is 0 Å². The van der Waals surface area contributed by atoms with E-state index >= 15 is 0 Å². The first-order chi connectivity index (χ1) is 41.9. The van der Waals surface area contributed by atoms with Gasteiger partial charge in [0.2, 0.25) is 0 Å². The number of hydrogen-bond donors (Lipinski definition) is 2. The van der Waals surface area contributed by atoms with Gasteiger partial charge >= 0.3 is 0 Å². The molecular weight excluding hydrogens is 1330 g/mol. The van der Waals surface area contributed by atoms with E-state index < -0.39 is 23.8 Å². The van der Waals surface area contributed by atoms with Gasteiger partial charge in [-0.15, -0.1) is 0 Å². The number of ketones is 1. The van der Waals surface area contributed by atoms with Crippen molar-refractivity contribution in [1.82, 2.24) is 9.80 Å². The van der Waals surface area contributed by atoms with Gasteiger partial charge in [-0.3, -0.25) is 4.79 Å². The van der Waals surface area contributed by atoms with Crippen molar-refractivity contribution in [1.29, 1.82) is 0 Å². The predicted octanol–water partition coefficient (Wildman–Crippen LogP) is 15.8. The summed E-state index contributed by atoms with van der Waals surface area (Å²) in [6.07, 6.45) is 41.0. The second-order valence-electron chi connectivity index (χ2n) is 36.0. The van der Waals surface area contributed by atoms with Crippen LogP contribution < -0.4 is 0 Å². The third-order valence-corrected chi connectivity index (χ3v) is 32.0. The molecule has 4 aliphatic heterocycles. The second-order valence-corrected chi connectivity index (χ2v) is 36.0. The zero-order valence-corrected chi connectivity index (χ0v) is 63.9. The number of likely N-dealkylation sites (tertiary alicyclic amines) is 2. The molecule has 4 N–H and O–H groups in total. The van der Waals surface area contributed by atoms with Gasteiger partial charge in [0.1, 0.15) is 5.78 Å². The van der Waals surface area contributed by atoms with E-state index in [2.05, 4.69) is 118 Å². The Kier molecular flexibility index (Phi) is 19.9. The summed E-state index contributed by atoms with van der Waals surface area (Å²) in [7, 11) is 0. The van der Waals surface area contributed by atoms with Gasteiger partial charge in [-0.25, -0.2) is 0 Å². The number of ether oxygens (including phenoxy) is 4. The Morgan fingerprint density at radius 3 is 1.20 bits per heavy atom. The smallest absolute Gasteiger partial charge is 0.163 e. The maximum Gasteiger partial charge on any atom is 0.163 e. The number of carbonyl (C=O) groups is 1. The minimum atomic E-state index is -0.536. The van der Waals surface area contributed by atoms with Crippen LogP contribution >= 0.6 is 0 Å². The summed E-state index contributed by atoms with van der Waals surface area (Å²) in [6.45, 7) is 35.5. The molecule has 10 nitrogen and oxygen atoms in total. The normalized spacial score (nSPS) is 53.3.